The van der Waals surface area contributed by atoms with Gasteiger partial charge in [0.25, 0.3) is 0 Å². The Morgan fingerprint density at radius 2 is 2.00 bits per heavy atom. The fourth-order valence-corrected chi connectivity index (χ4v) is 1.75. The van der Waals surface area contributed by atoms with Crippen molar-refractivity contribution in [1.82, 2.24) is 5.01 Å². The first kappa shape index (κ1) is 10.9. The Bertz CT molecular complexity index is 359. The summed E-state index contributed by atoms with van der Waals surface area (Å²) in [7, 11) is 1.65. The van der Waals surface area contributed by atoms with Crippen LogP contribution < -0.4 is 4.74 Å². The Morgan fingerprint density at radius 1 is 1.19 bits per heavy atom. The van der Waals surface area contributed by atoms with E-state index in [-0.39, 0.29) is 0 Å². The fraction of sp³-hybridized carbons (Fsp3) is 0.500. The summed E-state index contributed by atoms with van der Waals surface area (Å²) in [5.74, 6) is 0.815. The summed E-state index contributed by atoms with van der Waals surface area (Å²) in [5, 5.41) is 10.5. The summed E-state index contributed by atoms with van der Waals surface area (Å²) in [6, 6.07) is 7.63. The van der Waals surface area contributed by atoms with Crippen LogP contribution in [0.1, 0.15) is 19.3 Å². The number of hydrogen-bond acceptors (Lipinski definition) is 3. The minimum atomic E-state index is 0.815. The van der Waals surface area contributed by atoms with Crippen LogP contribution in [0.2, 0.25) is 0 Å². The van der Waals surface area contributed by atoms with Crippen molar-refractivity contribution in [2.75, 3.05) is 20.2 Å². The van der Waals surface area contributed by atoms with Crippen molar-refractivity contribution < 1.29 is 4.74 Å². The average molecular weight is 219 g/mol. The third-order valence-electron chi connectivity index (χ3n) is 2.67. The molecule has 0 atom stereocenters. The molecule has 0 radical (unpaired) electrons. The zero-order valence-corrected chi connectivity index (χ0v) is 9.59. The topological polar surface area (TPSA) is 37.2 Å². The van der Waals surface area contributed by atoms with Crippen molar-refractivity contribution in [3.8, 4) is 5.75 Å². The van der Waals surface area contributed by atoms with E-state index in [1.165, 1.54) is 19.3 Å². The fourth-order valence-electron chi connectivity index (χ4n) is 1.75. The van der Waals surface area contributed by atoms with Gasteiger partial charge in [-0.2, -0.15) is 0 Å². The van der Waals surface area contributed by atoms with Gasteiger partial charge >= 0.3 is 0 Å². The summed E-state index contributed by atoms with van der Waals surface area (Å²) in [4.78, 5) is 0. The van der Waals surface area contributed by atoms with Crippen molar-refractivity contribution in [2.24, 2.45) is 10.3 Å². The molecule has 0 aromatic heterocycles. The number of ether oxygens (including phenoxy) is 1. The predicted molar refractivity (Wildman–Crippen MR) is 62.9 cm³/mol. The van der Waals surface area contributed by atoms with E-state index in [2.05, 4.69) is 10.3 Å². The number of benzene rings is 1. The molecule has 1 heterocycles. The van der Waals surface area contributed by atoms with Gasteiger partial charge in [0.2, 0.25) is 0 Å². The molecule has 0 saturated carbocycles. The van der Waals surface area contributed by atoms with Gasteiger partial charge in [-0.1, -0.05) is 11.3 Å². The van der Waals surface area contributed by atoms with E-state index in [1.807, 2.05) is 29.3 Å². The molecular weight excluding hydrogens is 202 g/mol. The first-order valence-corrected chi connectivity index (χ1v) is 5.69. The van der Waals surface area contributed by atoms with E-state index in [9.17, 15) is 0 Å². The molecule has 1 aromatic carbocycles. The van der Waals surface area contributed by atoms with E-state index >= 15 is 0 Å². The van der Waals surface area contributed by atoms with Gasteiger partial charge in [-0.3, -0.25) is 5.01 Å². The van der Waals surface area contributed by atoms with Gasteiger partial charge in [-0.25, -0.2) is 0 Å². The van der Waals surface area contributed by atoms with Gasteiger partial charge in [-0.15, -0.1) is 5.11 Å². The van der Waals surface area contributed by atoms with Crippen LogP contribution >= 0.6 is 0 Å². The highest BCUT2D eigenvalue weighted by molar-refractivity contribution is 5.42. The second-order valence-electron chi connectivity index (χ2n) is 3.91. The van der Waals surface area contributed by atoms with Crippen LogP contribution in [-0.2, 0) is 0 Å². The first-order chi connectivity index (χ1) is 7.88. The van der Waals surface area contributed by atoms with Gasteiger partial charge < -0.3 is 4.74 Å². The Labute approximate surface area is 95.9 Å². The zero-order chi connectivity index (χ0) is 11.2. The van der Waals surface area contributed by atoms with Crippen LogP contribution in [0.4, 0.5) is 5.69 Å². The van der Waals surface area contributed by atoms with Crippen LogP contribution in [-0.4, -0.2) is 25.2 Å². The minimum Gasteiger partial charge on any atom is -0.497 e. The highest BCUT2D eigenvalue weighted by Crippen LogP contribution is 2.20. The maximum atomic E-state index is 5.13. The quantitative estimate of drug-likeness (QED) is 0.732. The Hall–Kier alpha value is -1.58. The molecule has 4 heteroatoms. The van der Waals surface area contributed by atoms with Crippen molar-refractivity contribution in [3.05, 3.63) is 24.3 Å². The first-order valence-electron chi connectivity index (χ1n) is 5.69. The van der Waals surface area contributed by atoms with Gasteiger partial charge in [0.1, 0.15) is 5.75 Å². The molecule has 0 amide bonds. The van der Waals surface area contributed by atoms with E-state index in [1.54, 1.807) is 7.11 Å². The highest BCUT2D eigenvalue weighted by atomic mass is 16.5. The molecule has 1 fully saturated rings. The van der Waals surface area contributed by atoms with Crippen molar-refractivity contribution in [3.63, 3.8) is 0 Å². The average Bonchev–Trinajstić information content (AvgIpc) is 2.38. The third-order valence-corrected chi connectivity index (χ3v) is 2.67. The van der Waals surface area contributed by atoms with Crippen LogP contribution in [0.5, 0.6) is 5.75 Å². The van der Waals surface area contributed by atoms with Gasteiger partial charge in [0.05, 0.1) is 12.8 Å². The van der Waals surface area contributed by atoms with E-state index < -0.39 is 0 Å². The standard InChI is InChI=1S/C12H17N3O/c1-16-12-7-5-6-11(10-12)13-14-15-8-3-2-4-9-15/h5-7,10H,2-4,8-9H2,1H3. The number of piperidine rings is 1. The summed E-state index contributed by atoms with van der Waals surface area (Å²) in [6.07, 6.45) is 3.75. The smallest absolute Gasteiger partial charge is 0.121 e. The Morgan fingerprint density at radius 3 is 2.75 bits per heavy atom. The molecule has 4 nitrogen and oxygen atoms in total. The maximum Gasteiger partial charge on any atom is 0.121 e. The number of methoxy groups -OCH3 is 1. The lowest BCUT2D eigenvalue weighted by atomic mass is 10.2. The molecular formula is C12H17N3O. The number of rotatable bonds is 3. The van der Waals surface area contributed by atoms with Crippen molar-refractivity contribution >= 4 is 5.69 Å². The molecule has 1 aliphatic heterocycles. The lowest BCUT2D eigenvalue weighted by molar-refractivity contribution is 0.224. The third kappa shape index (κ3) is 2.95. The molecule has 1 aromatic rings. The second kappa shape index (κ2) is 5.49. The van der Waals surface area contributed by atoms with Crippen molar-refractivity contribution in [1.29, 1.82) is 0 Å². The van der Waals surface area contributed by atoms with Gasteiger partial charge in [0.15, 0.2) is 0 Å². The van der Waals surface area contributed by atoms with Crippen LogP contribution in [0.3, 0.4) is 0 Å². The number of nitrogens with zero attached hydrogens (tertiary/aromatic N) is 3. The monoisotopic (exact) mass is 219 g/mol. The predicted octanol–water partition coefficient (Wildman–Crippen LogP) is 3.18. The summed E-state index contributed by atoms with van der Waals surface area (Å²) in [6.45, 7) is 2.04. The van der Waals surface area contributed by atoms with Gasteiger partial charge in [-0.05, 0) is 31.4 Å². The van der Waals surface area contributed by atoms with Crippen LogP contribution in [0.15, 0.2) is 34.6 Å². The zero-order valence-electron chi connectivity index (χ0n) is 9.59. The normalized spacial score (nSPS) is 16.7. The highest BCUT2D eigenvalue weighted by Gasteiger charge is 2.06. The molecule has 0 bridgehead atoms. The molecule has 0 spiro atoms. The van der Waals surface area contributed by atoms with E-state index in [0.717, 1.165) is 24.5 Å². The number of hydrogen-bond donors (Lipinski definition) is 0. The van der Waals surface area contributed by atoms with Gasteiger partial charge in [0, 0.05) is 19.2 Å². The lowest BCUT2D eigenvalue weighted by Crippen LogP contribution is -2.23. The molecule has 0 aliphatic carbocycles. The van der Waals surface area contributed by atoms with Crippen molar-refractivity contribution in [2.45, 2.75) is 19.3 Å². The van der Waals surface area contributed by atoms with Crippen LogP contribution in [0, 0.1) is 0 Å². The van der Waals surface area contributed by atoms with E-state index in [0.29, 0.717) is 0 Å². The Kier molecular flexibility index (Phi) is 3.75. The maximum absolute atomic E-state index is 5.13. The lowest BCUT2D eigenvalue weighted by Gasteiger charge is -2.21. The van der Waals surface area contributed by atoms with Crippen LogP contribution in [0.25, 0.3) is 0 Å². The SMILES string of the molecule is COc1cccc(N=NN2CCCCC2)c1. The molecule has 0 unspecified atom stereocenters. The molecule has 86 valence electrons. The largest absolute Gasteiger partial charge is 0.497 e. The Balaban J connectivity index is 1.98. The van der Waals surface area contributed by atoms with E-state index in [4.69, 9.17) is 4.74 Å². The second-order valence-corrected chi connectivity index (χ2v) is 3.91. The molecule has 1 saturated heterocycles. The molecule has 2 rings (SSSR count). The molecule has 0 N–H and O–H groups in total. The minimum absolute atomic E-state index is 0.815. The summed E-state index contributed by atoms with van der Waals surface area (Å²) in [5.41, 5.74) is 0.838. The summed E-state index contributed by atoms with van der Waals surface area (Å²) >= 11 is 0. The molecule has 1 aliphatic rings. The molecule has 16 heavy (non-hydrogen) atoms. The summed E-state index contributed by atoms with van der Waals surface area (Å²) < 4.78 is 5.13.